The van der Waals surface area contributed by atoms with Crippen molar-refractivity contribution in [1.82, 2.24) is 4.98 Å². The van der Waals surface area contributed by atoms with E-state index in [1.807, 2.05) is 0 Å². The van der Waals surface area contributed by atoms with E-state index < -0.39 is 28.6 Å². The van der Waals surface area contributed by atoms with Gasteiger partial charge in [0.15, 0.2) is 5.78 Å². The maximum absolute atomic E-state index is 13.0. The van der Waals surface area contributed by atoms with Crippen molar-refractivity contribution in [2.75, 3.05) is 0 Å². The van der Waals surface area contributed by atoms with E-state index >= 15 is 0 Å². The van der Waals surface area contributed by atoms with Crippen LogP contribution in [0.3, 0.4) is 0 Å². The van der Waals surface area contributed by atoms with E-state index in [1.165, 1.54) is 6.07 Å². The minimum absolute atomic E-state index is 0.139. The molecular weight excluding hydrogens is 424 g/mol. The van der Waals surface area contributed by atoms with E-state index in [9.17, 15) is 22.4 Å². The molecule has 0 amide bonds. The molecule has 2 nitrogen and oxygen atoms in total. The van der Waals surface area contributed by atoms with Crippen LogP contribution in [-0.4, -0.2) is 10.8 Å². The number of hydrogen-bond acceptors (Lipinski definition) is 2. The molecule has 0 radical (unpaired) electrons. The standard InChI is InChI=1S/C13H5ClF4INO/c14-12-8(3-4-10(20-12)13(16,17)18)11(21)7-2-1-6(15)5-9(7)19/h1-5H. The summed E-state index contributed by atoms with van der Waals surface area (Å²) < 4.78 is 50.8. The number of benzene rings is 1. The van der Waals surface area contributed by atoms with Gasteiger partial charge in [-0.3, -0.25) is 4.79 Å². The second-order valence-corrected chi connectivity index (χ2v) is 5.51. The Labute approximate surface area is 135 Å². The summed E-state index contributed by atoms with van der Waals surface area (Å²) in [5, 5.41) is -0.546. The molecule has 0 aliphatic carbocycles. The SMILES string of the molecule is O=C(c1ccc(F)cc1I)c1ccc(C(F)(F)F)nc1Cl. The molecule has 0 N–H and O–H groups in total. The lowest BCUT2D eigenvalue weighted by Gasteiger charge is -2.09. The van der Waals surface area contributed by atoms with Gasteiger partial charge in [0.25, 0.3) is 0 Å². The van der Waals surface area contributed by atoms with Gasteiger partial charge in [-0.05, 0) is 52.9 Å². The van der Waals surface area contributed by atoms with Crippen LogP contribution in [0, 0.1) is 9.39 Å². The Hall–Kier alpha value is -1.22. The second-order valence-electron chi connectivity index (χ2n) is 3.99. The van der Waals surface area contributed by atoms with Crippen molar-refractivity contribution in [1.29, 1.82) is 0 Å². The molecule has 2 rings (SSSR count). The molecule has 0 bridgehead atoms. The van der Waals surface area contributed by atoms with Crippen LogP contribution in [0.5, 0.6) is 0 Å². The molecule has 0 spiro atoms. The zero-order chi connectivity index (χ0) is 15.8. The molecule has 0 aliphatic heterocycles. The Kier molecular flexibility index (Phi) is 4.52. The summed E-state index contributed by atoms with van der Waals surface area (Å²) in [6, 6.07) is 5.10. The van der Waals surface area contributed by atoms with Crippen molar-refractivity contribution >= 4 is 40.0 Å². The predicted molar refractivity (Wildman–Crippen MR) is 76.8 cm³/mol. The van der Waals surface area contributed by atoms with Crippen molar-refractivity contribution in [2.45, 2.75) is 6.18 Å². The predicted octanol–water partition coefficient (Wildman–Crippen LogP) is 4.73. The maximum atomic E-state index is 13.0. The Morgan fingerprint density at radius 2 is 1.76 bits per heavy atom. The van der Waals surface area contributed by atoms with Crippen LogP contribution < -0.4 is 0 Å². The molecule has 0 saturated heterocycles. The largest absolute Gasteiger partial charge is 0.433 e. The third kappa shape index (κ3) is 3.52. The van der Waals surface area contributed by atoms with Gasteiger partial charge in [-0.1, -0.05) is 11.6 Å². The first-order valence-corrected chi connectivity index (χ1v) is 6.89. The molecule has 8 heteroatoms. The molecule has 0 saturated carbocycles. The van der Waals surface area contributed by atoms with Crippen LogP contribution in [-0.2, 0) is 6.18 Å². The lowest BCUT2D eigenvalue weighted by atomic mass is 10.0. The molecule has 2 aromatic rings. The van der Waals surface area contributed by atoms with Crippen LogP contribution in [0.1, 0.15) is 21.6 Å². The van der Waals surface area contributed by atoms with Gasteiger partial charge in [0.2, 0.25) is 0 Å². The first-order valence-electron chi connectivity index (χ1n) is 5.43. The molecule has 1 heterocycles. The summed E-state index contributed by atoms with van der Waals surface area (Å²) in [6.07, 6.45) is -4.64. The summed E-state index contributed by atoms with van der Waals surface area (Å²) in [5.41, 5.74) is -1.22. The van der Waals surface area contributed by atoms with Crippen LogP contribution in [0.4, 0.5) is 17.6 Å². The Bertz CT molecular complexity index is 718. The number of alkyl halides is 3. The highest BCUT2D eigenvalue weighted by molar-refractivity contribution is 14.1. The van der Waals surface area contributed by atoms with Gasteiger partial charge >= 0.3 is 6.18 Å². The summed E-state index contributed by atoms with van der Waals surface area (Å²) in [6.45, 7) is 0. The number of hydrogen-bond donors (Lipinski definition) is 0. The molecule has 1 aromatic carbocycles. The van der Waals surface area contributed by atoms with Gasteiger partial charge in [-0.25, -0.2) is 9.37 Å². The Balaban J connectivity index is 2.45. The smallest absolute Gasteiger partial charge is 0.288 e. The first-order chi connectivity index (χ1) is 9.70. The zero-order valence-corrected chi connectivity index (χ0v) is 12.9. The van der Waals surface area contributed by atoms with Crippen molar-refractivity contribution in [2.24, 2.45) is 0 Å². The van der Waals surface area contributed by atoms with Crippen molar-refractivity contribution < 1.29 is 22.4 Å². The number of rotatable bonds is 2. The Morgan fingerprint density at radius 1 is 1.14 bits per heavy atom. The normalized spacial score (nSPS) is 11.5. The van der Waals surface area contributed by atoms with Crippen LogP contribution in [0.2, 0.25) is 5.15 Å². The number of halogens is 6. The number of nitrogens with zero attached hydrogens (tertiary/aromatic N) is 1. The number of carbonyl (C=O) groups is 1. The highest BCUT2D eigenvalue weighted by atomic mass is 127. The maximum Gasteiger partial charge on any atom is 0.433 e. The van der Waals surface area contributed by atoms with Crippen LogP contribution >= 0.6 is 34.2 Å². The lowest BCUT2D eigenvalue weighted by molar-refractivity contribution is -0.141. The van der Waals surface area contributed by atoms with Gasteiger partial charge in [-0.2, -0.15) is 13.2 Å². The number of aromatic nitrogens is 1. The van der Waals surface area contributed by atoms with Gasteiger partial charge in [-0.15, -0.1) is 0 Å². The molecule has 0 fully saturated rings. The van der Waals surface area contributed by atoms with Crippen molar-refractivity contribution in [3.05, 3.63) is 61.7 Å². The number of pyridine rings is 1. The minimum atomic E-state index is -4.64. The van der Waals surface area contributed by atoms with E-state index in [1.54, 1.807) is 22.6 Å². The summed E-state index contributed by atoms with van der Waals surface area (Å²) in [4.78, 5) is 15.4. The fourth-order valence-electron chi connectivity index (χ4n) is 1.58. The fraction of sp³-hybridized carbons (Fsp3) is 0.0769. The topological polar surface area (TPSA) is 30.0 Å². The van der Waals surface area contributed by atoms with Gasteiger partial charge in [0, 0.05) is 9.13 Å². The van der Waals surface area contributed by atoms with Crippen LogP contribution in [0.25, 0.3) is 0 Å². The highest BCUT2D eigenvalue weighted by Crippen LogP contribution is 2.30. The average molecular weight is 430 g/mol. The molecule has 21 heavy (non-hydrogen) atoms. The number of carbonyl (C=O) groups excluding carboxylic acids is 1. The molecule has 0 atom stereocenters. The van der Waals surface area contributed by atoms with E-state index in [4.69, 9.17) is 11.6 Å². The summed E-state index contributed by atoms with van der Waals surface area (Å²) in [5.74, 6) is -1.14. The molecular formula is C13H5ClF4INO. The quantitative estimate of drug-likeness (QED) is 0.299. The monoisotopic (exact) mass is 429 g/mol. The highest BCUT2D eigenvalue weighted by Gasteiger charge is 2.33. The third-order valence-electron chi connectivity index (χ3n) is 2.56. The van der Waals surface area contributed by atoms with Gasteiger partial charge < -0.3 is 0 Å². The van der Waals surface area contributed by atoms with E-state index in [0.717, 1.165) is 18.2 Å². The Morgan fingerprint density at radius 3 is 2.29 bits per heavy atom. The van der Waals surface area contributed by atoms with E-state index in [2.05, 4.69) is 4.98 Å². The fourth-order valence-corrected chi connectivity index (χ4v) is 2.54. The third-order valence-corrected chi connectivity index (χ3v) is 3.74. The van der Waals surface area contributed by atoms with Gasteiger partial charge in [0.05, 0.1) is 5.56 Å². The minimum Gasteiger partial charge on any atom is -0.288 e. The van der Waals surface area contributed by atoms with Gasteiger partial charge in [0.1, 0.15) is 16.7 Å². The van der Waals surface area contributed by atoms with Crippen molar-refractivity contribution in [3.8, 4) is 0 Å². The molecule has 0 unspecified atom stereocenters. The molecule has 0 aliphatic rings. The number of ketones is 1. The molecule has 1 aromatic heterocycles. The zero-order valence-electron chi connectivity index (χ0n) is 10.0. The van der Waals surface area contributed by atoms with E-state index in [-0.39, 0.29) is 11.1 Å². The van der Waals surface area contributed by atoms with Crippen molar-refractivity contribution in [3.63, 3.8) is 0 Å². The first kappa shape index (κ1) is 16.2. The average Bonchev–Trinajstić information content (AvgIpc) is 2.36. The second kappa shape index (κ2) is 5.88. The van der Waals surface area contributed by atoms with Crippen LogP contribution in [0.15, 0.2) is 30.3 Å². The lowest BCUT2D eigenvalue weighted by Crippen LogP contribution is -2.11. The summed E-state index contributed by atoms with van der Waals surface area (Å²) >= 11 is 7.41. The summed E-state index contributed by atoms with van der Waals surface area (Å²) in [7, 11) is 0. The molecule has 110 valence electrons. The van der Waals surface area contributed by atoms with E-state index in [0.29, 0.717) is 9.64 Å².